The second-order valence-electron chi connectivity index (χ2n) is 6.97. The molecule has 5 nitrogen and oxygen atoms in total. The number of likely N-dealkylation sites (N-methyl/N-ethyl adjacent to an activating group) is 1. The molecule has 150 valence electrons. The molecule has 6 atom stereocenters. The number of hydrogen-bond donors (Lipinski definition) is 2. The van der Waals surface area contributed by atoms with Crippen LogP contribution in [-0.4, -0.2) is 43.7 Å². The Morgan fingerprint density at radius 3 is 2.60 bits per heavy atom. The molecule has 2 fully saturated rings. The molecule has 2 N–H and O–H groups in total. The maximum absolute atomic E-state index is 11.3. The maximum atomic E-state index is 11.3. The van der Waals surface area contributed by atoms with E-state index >= 15 is 0 Å². The van der Waals surface area contributed by atoms with E-state index in [1.165, 1.54) is 19.3 Å². The number of amides is 1. The van der Waals surface area contributed by atoms with Crippen LogP contribution in [-0.2, 0) is 14.3 Å². The van der Waals surface area contributed by atoms with Gasteiger partial charge in [-0.15, -0.1) is 0 Å². The van der Waals surface area contributed by atoms with Gasteiger partial charge in [-0.1, -0.05) is 33.6 Å². The molecule has 1 heterocycles. The third kappa shape index (κ3) is 7.45. The van der Waals surface area contributed by atoms with Gasteiger partial charge in [0.2, 0.25) is 5.91 Å². The molecule has 1 aliphatic heterocycles. The monoisotopic (exact) mass is 377 g/mol. The molecule has 1 amide bonds. The van der Waals surface area contributed by atoms with Gasteiger partial charge in [0, 0.05) is 13.0 Å². The SMILES string of the molecule is CC.CNC(=O)COC(O)C(C)C1CCCC2CCC(C)OCC21.S. The molecule has 6 unspecified atom stereocenters. The number of carbonyl (C=O) groups is 1. The van der Waals surface area contributed by atoms with Gasteiger partial charge in [-0.25, -0.2) is 0 Å². The van der Waals surface area contributed by atoms with Crippen molar-refractivity contribution < 1.29 is 19.4 Å². The van der Waals surface area contributed by atoms with E-state index in [9.17, 15) is 9.90 Å². The van der Waals surface area contributed by atoms with E-state index in [1.807, 2.05) is 20.8 Å². The number of carbonyl (C=O) groups excluding carboxylic acids is 1. The second kappa shape index (κ2) is 13.0. The highest BCUT2D eigenvalue weighted by Gasteiger charge is 2.40. The fourth-order valence-corrected chi connectivity index (χ4v) is 4.07. The van der Waals surface area contributed by atoms with E-state index in [-0.39, 0.29) is 31.9 Å². The Hall–Kier alpha value is -0.300. The molecular weight excluding hydrogens is 338 g/mol. The summed E-state index contributed by atoms with van der Waals surface area (Å²) in [6.07, 6.45) is 5.42. The van der Waals surface area contributed by atoms with Gasteiger partial charge in [-0.3, -0.25) is 4.79 Å². The summed E-state index contributed by atoms with van der Waals surface area (Å²) in [5, 5.41) is 12.8. The molecule has 25 heavy (non-hydrogen) atoms. The van der Waals surface area contributed by atoms with Crippen molar-refractivity contribution >= 4 is 19.4 Å². The predicted octanol–water partition coefficient (Wildman–Crippen LogP) is 3.07. The van der Waals surface area contributed by atoms with Crippen molar-refractivity contribution in [3.8, 4) is 0 Å². The van der Waals surface area contributed by atoms with Gasteiger partial charge in [0.05, 0.1) is 12.7 Å². The zero-order valence-electron chi connectivity index (χ0n) is 16.6. The highest BCUT2D eigenvalue weighted by Crippen LogP contribution is 2.44. The van der Waals surface area contributed by atoms with Crippen LogP contribution < -0.4 is 5.32 Å². The summed E-state index contributed by atoms with van der Waals surface area (Å²) in [7, 11) is 1.57. The third-order valence-electron chi connectivity index (χ3n) is 5.57. The van der Waals surface area contributed by atoms with E-state index in [0.717, 1.165) is 19.4 Å². The quantitative estimate of drug-likeness (QED) is 0.723. The fraction of sp³-hybridized carbons (Fsp3) is 0.947. The Bertz CT molecular complexity index is 369. The minimum Gasteiger partial charge on any atom is -0.378 e. The van der Waals surface area contributed by atoms with Crippen molar-refractivity contribution in [2.45, 2.75) is 72.2 Å². The Morgan fingerprint density at radius 1 is 1.28 bits per heavy atom. The van der Waals surface area contributed by atoms with Gasteiger partial charge >= 0.3 is 0 Å². The molecule has 1 saturated heterocycles. The smallest absolute Gasteiger partial charge is 0.245 e. The zero-order chi connectivity index (χ0) is 18.1. The van der Waals surface area contributed by atoms with Crippen molar-refractivity contribution in [1.82, 2.24) is 5.32 Å². The number of aliphatic hydroxyl groups is 1. The summed E-state index contributed by atoms with van der Waals surface area (Å²) in [6, 6.07) is 0. The standard InChI is InChI=1S/C17H31NO4.C2H6.H2S/c1-11-7-8-13-5-4-6-14(15(13)9-21-11)12(2)17(20)22-10-16(19)18-3;1-2;/h11-15,17,20H,4-10H2,1-3H3,(H,18,19);1-2H3;1H2. The van der Waals surface area contributed by atoms with E-state index in [4.69, 9.17) is 9.47 Å². The second-order valence-corrected chi connectivity index (χ2v) is 6.97. The van der Waals surface area contributed by atoms with Crippen LogP contribution in [0.3, 0.4) is 0 Å². The number of hydrogen-bond acceptors (Lipinski definition) is 4. The molecule has 0 spiro atoms. The third-order valence-corrected chi connectivity index (χ3v) is 5.57. The molecule has 0 aromatic rings. The molecule has 1 saturated carbocycles. The zero-order valence-corrected chi connectivity index (χ0v) is 17.6. The number of nitrogens with one attached hydrogen (secondary N) is 1. The first-order valence-corrected chi connectivity index (χ1v) is 9.64. The van der Waals surface area contributed by atoms with Gasteiger partial charge in [0.15, 0.2) is 6.29 Å². The predicted molar refractivity (Wildman–Crippen MR) is 106 cm³/mol. The summed E-state index contributed by atoms with van der Waals surface area (Å²) in [6.45, 7) is 8.90. The van der Waals surface area contributed by atoms with Gasteiger partial charge in [0.1, 0.15) is 6.61 Å². The highest BCUT2D eigenvalue weighted by atomic mass is 32.1. The summed E-state index contributed by atoms with van der Waals surface area (Å²) < 4.78 is 11.3. The first-order valence-electron chi connectivity index (χ1n) is 9.64. The van der Waals surface area contributed by atoms with Crippen molar-refractivity contribution in [3.63, 3.8) is 0 Å². The number of fused-ring (bicyclic) bond motifs is 1. The molecule has 0 aromatic heterocycles. The van der Waals surface area contributed by atoms with Crippen molar-refractivity contribution in [2.75, 3.05) is 20.3 Å². The molecule has 0 bridgehead atoms. The summed E-state index contributed by atoms with van der Waals surface area (Å²) >= 11 is 0. The molecule has 0 aromatic carbocycles. The van der Waals surface area contributed by atoms with Crippen molar-refractivity contribution in [3.05, 3.63) is 0 Å². The fourth-order valence-electron chi connectivity index (χ4n) is 4.07. The topological polar surface area (TPSA) is 67.8 Å². The molecule has 6 heteroatoms. The molecule has 2 rings (SSSR count). The summed E-state index contributed by atoms with van der Waals surface area (Å²) in [5.74, 6) is 1.43. The van der Waals surface area contributed by atoms with Gasteiger partial charge in [0.25, 0.3) is 0 Å². The van der Waals surface area contributed by atoms with Crippen LogP contribution in [0.4, 0.5) is 0 Å². The lowest BCUT2D eigenvalue weighted by molar-refractivity contribution is -0.165. The minimum absolute atomic E-state index is 0. The Kier molecular flexibility index (Phi) is 12.8. The van der Waals surface area contributed by atoms with E-state index < -0.39 is 6.29 Å². The number of aliphatic hydroxyl groups excluding tert-OH is 1. The van der Waals surface area contributed by atoms with E-state index in [0.29, 0.717) is 23.9 Å². The Balaban J connectivity index is 0.00000185. The summed E-state index contributed by atoms with van der Waals surface area (Å²) in [5.41, 5.74) is 0. The number of rotatable bonds is 5. The van der Waals surface area contributed by atoms with Crippen LogP contribution in [0.15, 0.2) is 0 Å². The molecule has 2 aliphatic rings. The summed E-state index contributed by atoms with van der Waals surface area (Å²) in [4.78, 5) is 11.3. The van der Waals surface area contributed by atoms with Gasteiger partial charge < -0.3 is 19.9 Å². The van der Waals surface area contributed by atoms with Crippen LogP contribution in [0, 0.1) is 23.7 Å². The van der Waals surface area contributed by atoms with Crippen LogP contribution >= 0.6 is 13.5 Å². The van der Waals surface area contributed by atoms with Gasteiger partial charge in [-0.2, -0.15) is 13.5 Å². The maximum Gasteiger partial charge on any atom is 0.245 e. The van der Waals surface area contributed by atoms with Crippen LogP contribution in [0.1, 0.15) is 59.8 Å². The lowest BCUT2D eigenvalue weighted by atomic mass is 9.66. The van der Waals surface area contributed by atoms with E-state index in [2.05, 4.69) is 12.2 Å². The Morgan fingerprint density at radius 2 is 1.96 bits per heavy atom. The first-order chi connectivity index (χ1) is 11.5. The van der Waals surface area contributed by atoms with Crippen molar-refractivity contribution in [2.24, 2.45) is 23.7 Å². The van der Waals surface area contributed by atoms with Gasteiger partial charge in [-0.05, 0) is 43.9 Å². The minimum atomic E-state index is -0.887. The first kappa shape index (κ1) is 24.7. The van der Waals surface area contributed by atoms with Crippen LogP contribution in [0.2, 0.25) is 0 Å². The van der Waals surface area contributed by atoms with E-state index in [1.54, 1.807) is 7.05 Å². The van der Waals surface area contributed by atoms with Crippen LogP contribution in [0.5, 0.6) is 0 Å². The highest BCUT2D eigenvalue weighted by molar-refractivity contribution is 7.59. The van der Waals surface area contributed by atoms with Crippen LogP contribution in [0.25, 0.3) is 0 Å². The lowest BCUT2D eigenvalue weighted by Gasteiger charge is -2.41. The molecule has 0 radical (unpaired) electrons. The molecule has 1 aliphatic carbocycles. The number of ether oxygens (including phenoxy) is 2. The normalized spacial score (nSPS) is 31.1. The molecular formula is C19H39NO4S. The largest absolute Gasteiger partial charge is 0.378 e. The lowest BCUT2D eigenvalue weighted by Crippen LogP contribution is -2.40. The Labute approximate surface area is 160 Å². The average molecular weight is 378 g/mol. The average Bonchev–Trinajstić information content (AvgIpc) is 2.82. The van der Waals surface area contributed by atoms with Crippen molar-refractivity contribution in [1.29, 1.82) is 0 Å².